The lowest BCUT2D eigenvalue weighted by molar-refractivity contribution is -0.120. The minimum atomic E-state index is -0.500. The van der Waals surface area contributed by atoms with Gasteiger partial charge in [-0.05, 0) is 29.8 Å². The molecule has 4 rings (SSSR count). The first-order valence-electron chi connectivity index (χ1n) is 9.74. The zero-order valence-electron chi connectivity index (χ0n) is 17.5. The van der Waals surface area contributed by atoms with Crippen LogP contribution >= 0.6 is 0 Å². The first kappa shape index (κ1) is 20.7. The summed E-state index contributed by atoms with van der Waals surface area (Å²) >= 11 is 0. The topological polar surface area (TPSA) is 91.7 Å². The number of hydrogen-bond acceptors (Lipinski definition) is 6. The Morgan fingerprint density at radius 3 is 2.03 bits per heavy atom. The smallest absolute Gasteiger partial charge is 0.282 e. The summed E-state index contributed by atoms with van der Waals surface area (Å²) in [5.74, 6) is 0.118. The molecule has 1 heterocycles. The second-order valence-electron chi connectivity index (χ2n) is 6.95. The van der Waals surface area contributed by atoms with Crippen LogP contribution in [0.25, 0.3) is 5.57 Å². The van der Waals surface area contributed by atoms with E-state index in [9.17, 15) is 9.59 Å². The number of anilines is 2. The molecule has 0 fully saturated rings. The number of nitrogens with one attached hydrogen (secondary N) is 1. The predicted molar refractivity (Wildman–Crippen MR) is 120 cm³/mol. The summed E-state index contributed by atoms with van der Waals surface area (Å²) in [4.78, 5) is 27.9. The van der Waals surface area contributed by atoms with Crippen molar-refractivity contribution in [3.63, 3.8) is 0 Å². The van der Waals surface area contributed by atoms with E-state index in [-0.39, 0.29) is 11.3 Å². The normalized spacial score (nSPS) is 13.2. The second kappa shape index (κ2) is 8.66. The van der Waals surface area contributed by atoms with Gasteiger partial charge in [-0.25, -0.2) is 4.90 Å². The fourth-order valence-electron chi connectivity index (χ4n) is 3.46. The van der Waals surface area contributed by atoms with E-state index in [4.69, 9.17) is 14.7 Å². The molecule has 7 heteroatoms. The first-order chi connectivity index (χ1) is 15.5. The van der Waals surface area contributed by atoms with Crippen molar-refractivity contribution < 1.29 is 19.1 Å². The van der Waals surface area contributed by atoms with E-state index in [0.29, 0.717) is 34.0 Å². The third-order valence-corrected chi connectivity index (χ3v) is 5.02. The Morgan fingerprint density at radius 2 is 1.47 bits per heavy atom. The van der Waals surface area contributed by atoms with E-state index < -0.39 is 11.8 Å². The van der Waals surface area contributed by atoms with Crippen LogP contribution in [-0.4, -0.2) is 26.0 Å². The van der Waals surface area contributed by atoms with Gasteiger partial charge in [-0.3, -0.25) is 9.59 Å². The van der Waals surface area contributed by atoms with Crippen molar-refractivity contribution in [2.45, 2.75) is 0 Å². The molecule has 0 spiro atoms. The molecule has 0 aliphatic carbocycles. The highest BCUT2D eigenvalue weighted by molar-refractivity contribution is 6.46. The minimum absolute atomic E-state index is 0.140. The molecule has 158 valence electrons. The number of hydrogen-bond donors (Lipinski definition) is 1. The molecule has 0 aromatic heterocycles. The fourth-order valence-corrected chi connectivity index (χ4v) is 3.46. The molecule has 1 aliphatic heterocycles. The molecule has 0 radical (unpaired) electrons. The van der Waals surface area contributed by atoms with Gasteiger partial charge in [0.1, 0.15) is 17.2 Å². The van der Waals surface area contributed by atoms with Crippen molar-refractivity contribution in [3.05, 3.63) is 89.6 Å². The van der Waals surface area contributed by atoms with E-state index >= 15 is 0 Å². The molecule has 32 heavy (non-hydrogen) atoms. The minimum Gasteiger partial charge on any atom is -0.497 e. The summed E-state index contributed by atoms with van der Waals surface area (Å²) in [6, 6.07) is 22.4. The zero-order chi connectivity index (χ0) is 22.7. The number of rotatable bonds is 6. The van der Waals surface area contributed by atoms with Crippen LogP contribution in [0.4, 0.5) is 11.4 Å². The summed E-state index contributed by atoms with van der Waals surface area (Å²) in [5.41, 5.74) is 2.35. The zero-order valence-corrected chi connectivity index (χ0v) is 17.5. The van der Waals surface area contributed by atoms with Gasteiger partial charge in [0.25, 0.3) is 11.8 Å². The molecule has 3 aromatic rings. The van der Waals surface area contributed by atoms with Crippen LogP contribution in [-0.2, 0) is 9.59 Å². The van der Waals surface area contributed by atoms with Crippen molar-refractivity contribution in [2.75, 3.05) is 24.4 Å². The Balaban J connectivity index is 1.80. The molecular formula is C25H19N3O4. The number of nitrogens with zero attached hydrogens (tertiary/aromatic N) is 2. The second-order valence-corrected chi connectivity index (χ2v) is 6.95. The van der Waals surface area contributed by atoms with Crippen LogP contribution in [0, 0.1) is 11.3 Å². The van der Waals surface area contributed by atoms with Crippen LogP contribution in [0.3, 0.4) is 0 Å². The lowest BCUT2D eigenvalue weighted by Crippen LogP contribution is -2.32. The van der Waals surface area contributed by atoms with Crippen molar-refractivity contribution >= 4 is 28.8 Å². The van der Waals surface area contributed by atoms with Crippen LogP contribution < -0.4 is 19.7 Å². The van der Waals surface area contributed by atoms with E-state index in [1.807, 2.05) is 12.1 Å². The Kier molecular flexibility index (Phi) is 5.60. The molecule has 1 N–H and O–H groups in total. The quantitative estimate of drug-likeness (QED) is 0.601. The number of carbonyl (C=O) groups excluding carboxylic acids is 2. The van der Waals surface area contributed by atoms with Gasteiger partial charge < -0.3 is 14.8 Å². The average molecular weight is 425 g/mol. The number of amides is 2. The largest absolute Gasteiger partial charge is 0.497 e. The SMILES string of the molecule is COc1cc(NC2=C(c3ccccc3)C(=O)N(c3ccc(C#N)cc3)C2=O)cc(OC)c1. The van der Waals surface area contributed by atoms with Crippen LogP contribution in [0.5, 0.6) is 11.5 Å². The van der Waals surface area contributed by atoms with E-state index in [1.54, 1.807) is 66.7 Å². The van der Waals surface area contributed by atoms with Gasteiger partial charge in [0.05, 0.1) is 37.1 Å². The first-order valence-corrected chi connectivity index (χ1v) is 9.74. The van der Waals surface area contributed by atoms with Gasteiger partial charge in [-0.1, -0.05) is 30.3 Å². The molecule has 0 unspecified atom stereocenters. The van der Waals surface area contributed by atoms with Crippen molar-refractivity contribution in [1.29, 1.82) is 5.26 Å². The Morgan fingerprint density at radius 1 is 0.844 bits per heavy atom. The molecule has 0 saturated heterocycles. The Bertz CT molecular complexity index is 1240. The number of nitriles is 1. The predicted octanol–water partition coefficient (Wildman–Crippen LogP) is 3.97. The van der Waals surface area contributed by atoms with Gasteiger partial charge in [-0.15, -0.1) is 0 Å². The summed E-state index contributed by atoms with van der Waals surface area (Å²) in [7, 11) is 3.06. The maximum atomic E-state index is 13.4. The molecule has 0 bridgehead atoms. The third-order valence-electron chi connectivity index (χ3n) is 5.02. The van der Waals surface area contributed by atoms with E-state index in [0.717, 1.165) is 4.90 Å². The van der Waals surface area contributed by atoms with Gasteiger partial charge in [0.15, 0.2) is 0 Å². The van der Waals surface area contributed by atoms with Crippen molar-refractivity contribution in [3.8, 4) is 17.6 Å². The lowest BCUT2D eigenvalue weighted by atomic mass is 10.0. The van der Waals surface area contributed by atoms with Crippen LogP contribution in [0.1, 0.15) is 11.1 Å². The van der Waals surface area contributed by atoms with Gasteiger partial charge >= 0.3 is 0 Å². The van der Waals surface area contributed by atoms with Gasteiger partial charge in [-0.2, -0.15) is 5.26 Å². The molecule has 0 atom stereocenters. The molecule has 7 nitrogen and oxygen atoms in total. The molecule has 1 aliphatic rings. The summed E-state index contributed by atoms with van der Waals surface area (Å²) in [6.07, 6.45) is 0. The van der Waals surface area contributed by atoms with E-state index in [2.05, 4.69) is 5.32 Å². The van der Waals surface area contributed by atoms with Gasteiger partial charge in [0.2, 0.25) is 0 Å². The number of ether oxygens (including phenoxy) is 2. The third kappa shape index (κ3) is 3.77. The lowest BCUT2D eigenvalue weighted by Gasteiger charge is -2.15. The summed E-state index contributed by atoms with van der Waals surface area (Å²) in [6.45, 7) is 0. The maximum absolute atomic E-state index is 13.4. The molecule has 3 aromatic carbocycles. The Labute approximate surface area is 185 Å². The number of imide groups is 1. The molecule has 0 saturated carbocycles. The highest BCUT2D eigenvalue weighted by Gasteiger charge is 2.40. The number of methoxy groups -OCH3 is 2. The van der Waals surface area contributed by atoms with Gasteiger partial charge in [0, 0.05) is 23.9 Å². The molecular weight excluding hydrogens is 406 g/mol. The Hall–Kier alpha value is -4.57. The summed E-state index contributed by atoms with van der Waals surface area (Å²) < 4.78 is 10.6. The number of carbonyl (C=O) groups is 2. The highest BCUT2D eigenvalue weighted by Crippen LogP contribution is 2.35. The number of benzene rings is 3. The fraction of sp³-hybridized carbons (Fsp3) is 0.0800. The van der Waals surface area contributed by atoms with Crippen molar-refractivity contribution in [1.82, 2.24) is 0 Å². The van der Waals surface area contributed by atoms with Crippen LogP contribution in [0.15, 0.2) is 78.5 Å². The van der Waals surface area contributed by atoms with Crippen molar-refractivity contribution in [2.24, 2.45) is 0 Å². The average Bonchev–Trinajstić information content (AvgIpc) is 3.08. The monoisotopic (exact) mass is 425 g/mol. The standard InChI is InChI=1S/C25H19N3O4/c1-31-20-12-18(13-21(14-20)32-2)27-23-22(17-6-4-3-5-7-17)24(29)28(25(23)30)19-10-8-16(15-26)9-11-19/h3-14,27H,1-2H3. The highest BCUT2D eigenvalue weighted by atomic mass is 16.5. The van der Waals surface area contributed by atoms with Crippen LogP contribution in [0.2, 0.25) is 0 Å². The maximum Gasteiger partial charge on any atom is 0.282 e. The molecule has 2 amide bonds. The van der Waals surface area contributed by atoms with E-state index in [1.165, 1.54) is 14.2 Å². The summed E-state index contributed by atoms with van der Waals surface area (Å²) in [5, 5.41) is 12.1.